The van der Waals surface area contributed by atoms with Crippen LogP contribution in [0.3, 0.4) is 0 Å². The average Bonchev–Trinajstić information content (AvgIpc) is 2.96. The number of carbonyl (C=O) groups is 2. The van der Waals surface area contributed by atoms with Gasteiger partial charge in [0.2, 0.25) is 0 Å². The molecule has 42 heavy (non-hydrogen) atoms. The summed E-state index contributed by atoms with van der Waals surface area (Å²) in [6, 6.07) is 0. The highest BCUT2D eigenvalue weighted by Gasteiger charge is 2.32. The Morgan fingerprint density at radius 2 is 1.00 bits per heavy atom. The van der Waals surface area contributed by atoms with Crippen molar-refractivity contribution in [1.29, 1.82) is 0 Å². The topological polar surface area (TPSA) is 74.6 Å². The summed E-state index contributed by atoms with van der Waals surface area (Å²) >= 11 is 0. The Bertz CT molecular complexity index is 685. The van der Waals surface area contributed by atoms with E-state index in [0.29, 0.717) is 12.8 Å². The van der Waals surface area contributed by atoms with Crippen LogP contribution in [-0.2, 0) is 9.59 Å². The van der Waals surface area contributed by atoms with Gasteiger partial charge >= 0.3 is 11.9 Å². The molecule has 0 amide bonds. The van der Waals surface area contributed by atoms with Crippen molar-refractivity contribution in [3.63, 3.8) is 0 Å². The van der Waals surface area contributed by atoms with Gasteiger partial charge in [0.05, 0.1) is 0 Å². The van der Waals surface area contributed by atoms with Crippen LogP contribution in [0.2, 0.25) is 0 Å². The van der Waals surface area contributed by atoms with Gasteiger partial charge in [-0.2, -0.15) is 0 Å². The Morgan fingerprint density at radius 3 is 1.52 bits per heavy atom. The van der Waals surface area contributed by atoms with E-state index in [2.05, 4.69) is 19.9 Å². The summed E-state index contributed by atoms with van der Waals surface area (Å²) in [5.41, 5.74) is 1.77. The molecule has 0 saturated carbocycles. The molecule has 4 nitrogen and oxygen atoms in total. The van der Waals surface area contributed by atoms with Gasteiger partial charge < -0.3 is 10.2 Å². The maximum atomic E-state index is 10.8. The normalized spacial score (nSPS) is 18.7. The van der Waals surface area contributed by atoms with Gasteiger partial charge in [0.25, 0.3) is 0 Å². The molecule has 0 aromatic heterocycles. The molecule has 3 unspecified atom stereocenters. The third kappa shape index (κ3) is 21.4. The molecule has 1 aliphatic rings. The second kappa shape index (κ2) is 27.2. The van der Waals surface area contributed by atoms with Crippen LogP contribution in [0.4, 0.5) is 0 Å². The predicted octanol–water partition coefficient (Wildman–Crippen LogP) is 12.3. The molecule has 0 heterocycles. The van der Waals surface area contributed by atoms with E-state index in [1.165, 1.54) is 148 Å². The standard InChI is InChI=1S/C38H70O4/c1-3-5-7-9-16-22-28-36-34(26-20-14-10-12-17-23-29-37(39)40)31-33(25-19-8-6-4-2)32-35(36)27-21-15-11-13-18-24-30-38(41)42/h31,34-36H,3-30,32H2,1-2H3,(H,39,40)(H,41,42). The molecule has 0 aromatic carbocycles. The van der Waals surface area contributed by atoms with Gasteiger partial charge in [0.15, 0.2) is 0 Å². The third-order valence-corrected chi connectivity index (χ3v) is 9.77. The minimum Gasteiger partial charge on any atom is -0.481 e. The van der Waals surface area contributed by atoms with Crippen molar-refractivity contribution < 1.29 is 19.8 Å². The second-order valence-electron chi connectivity index (χ2n) is 13.6. The van der Waals surface area contributed by atoms with Crippen LogP contribution in [0, 0.1) is 17.8 Å². The van der Waals surface area contributed by atoms with Gasteiger partial charge in [-0.3, -0.25) is 9.59 Å². The first-order valence-electron chi connectivity index (χ1n) is 18.6. The Morgan fingerprint density at radius 1 is 0.571 bits per heavy atom. The highest BCUT2D eigenvalue weighted by Crippen LogP contribution is 2.43. The quantitative estimate of drug-likeness (QED) is 0.0644. The smallest absolute Gasteiger partial charge is 0.303 e. The summed E-state index contributed by atoms with van der Waals surface area (Å²) in [6.45, 7) is 4.60. The number of rotatable bonds is 30. The summed E-state index contributed by atoms with van der Waals surface area (Å²) in [5.74, 6) is 1.13. The summed E-state index contributed by atoms with van der Waals surface area (Å²) in [6.07, 6.45) is 37.7. The van der Waals surface area contributed by atoms with Crippen LogP contribution < -0.4 is 0 Å². The van der Waals surface area contributed by atoms with Crippen LogP contribution in [-0.4, -0.2) is 22.2 Å². The van der Waals surface area contributed by atoms with E-state index >= 15 is 0 Å². The lowest BCUT2D eigenvalue weighted by molar-refractivity contribution is -0.138. The van der Waals surface area contributed by atoms with Gasteiger partial charge in [-0.25, -0.2) is 0 Å². The highest BCUT2D eigenvalue weighted by atomic mass is 16.4. The van der Waals surface area contributed by atoms with Gasteiger partial charge in [0, 0.05) is 12.8 Å². The summed E-state index contributed by atoms with van der Waals surface area (Å²) in [7, 11) is 0. The fraction of sp³-hybridized carbons (Fsp3) is 0.895. The van der Waals surface area contributed by atoms with Crippen LogP contribution in [0.15, 0.2) is 11.6 Å². The molecular formula is C38H70O4. The van der Waals surface area contributed by atoms with E-state index in [1.807, 2.05) is 0 Å². The monoisotopic (exact) mass is 591 g/mol. The minimum absolute atomic E-state index is 0.320. The van der Waals surface area contributed by atoms with E-state index in [1.54, 1.807) is 5.57 Å². The Balaban J connectivity index is 2.69. The number of aliphatic carboxylic acids is 2. The van der Waals surface area contributed by atoms with E-state index in [4.69, 9.17) is 10.2 Å². The average molecular weight is 591 g/mol. The van der Waals surface area contributed by atoms with Crippen molar-refractivity contribution in [1.82, 2.24) is 0 Å². The number of hydrogen-bond donors (Lipinski definition) is 2. The minimum atomic E-state index is -0.661. The van der Waals surface area contributed by atoms with Gasteiger partial charge in [-0.15, -0.1) is 0 Å². The Hall–Kier alpha value is -1.32. The Kier molecular flexibility index (Phi) is 25.1. The molecule has 246 valence electrons. The number of carboxylic acids is 2. The summed E-state index contributed by atoms with van der Waals surface area (Å²) in [4.78, 5) is 21.5. The molecule has 0 bridgehead atoms. The molecule has 0 aliphatic heterocycles. The molecule has 0 saturated heterocycles. The molecule has 0 fully saturated rings. The first kappa shape index (κ1) is 38.7. The third-order valence-electron chi connectivity index (χ3n) is 9.77. The fourth-order valence-electron chi connectivity index (χ4n) is 7.27. The van der Waals surface area contributed by atoms with Gasteiger partial charge in [-0.05, 0) is 69.1 Å². The van der Waals surface area contributed by atoms with Crippen LogP contribution >= 0.6 is 0 Å². The largest absolute Gasteiger partial charge is 0.481 e. The van der Waals surface area contributed by atoms with Crippen molar-refractivity contribution in [2.45, 2.75) is 200 Å². The van der Waals surface area contributed by atoms with Gasteiger partial charge in [-0.1, -0.05) is 147 Å². The first-order valence-corrected chi connectivity index (χ1v) is 18.6. The summed E-state index contributed by atoms with van der Waals surface area (Å²) in [5, 5.41) is 17.7. The molecule has 2 N–H and O–H groups in total. The number of allylic oxidation sites excluding steroid dienone is 2. The van der Waals surface area contributed by atoms with Crippen molar-refractivity contribution in [2.24, 2.45) is 17.8 Å². The number of hydrogen-bond acceptors (Lipinski definition) is 2. The molecule has 4 heteroatoms. The maximum absolute atomic E-state index is 10.8. The number of carboxylic acid groups (broad SMARTS) is 2. The van der Waals surface area contributed by atoms with E-state index in [9.17, 15) is 9.59 Å². The van der Waals surface area contributed by atoms with E-state index in [0.717, 1.165) is 43.4 Å². The molecule has 3 atom stereocenters. The molecular weight excluding hydrogens is 520 g/mol. The number of unbranched alkanes of at least 4 members (excludes halogenated alkanes) is 18. The molecule has 0 radical (unpaired) electrons. The lowest BCUT2D eigenvalue weighted by Gasteiger charge is -2.38. The SMILES string of the molecule is CCCCCCCCC1C(CCCCCCCCC(=O)O)C=C(CCCCCC)CC1CCCCCCCCC(=O)O. The lowest BCUT2D eigenvalue weighted by Crippen LogP contribution is -2.28. The van der Waals surface area contributed by atoms with Crippen LogP contribution in [0.5, 0.6) is 0 Å². The van der Waals surface area contributed by atoms with E-state index in [-0.39, 0.29) is 0 Å². The summed E-state index contributed by atoms with van der Waals surface area (Å²) < 4.78 is 0. The van der Waals surface area contributed by atoms with Crippen molar-refractivity contribution in [3.05, 3.63) is 11.6 Å². The zero-order valence-electron chi connectivity index (χ0n) is 28.0. The zero-order chi connectivity index (χ0) is 30.7. The highest BCUT2D eigenvalue weighted by molar-refractivity contribution is 5.66. The maximum Gasteiger partial charge on any atom is 0.303 e. The van der Waals surface area contributed by atoms with Gasteiger partial charge in [0.1, 0.15) is 0 Å². The predicted molar refractivity (Wildman–Crippen MR) is 179 cm³/mol. The molecule has 1 rings (SSSR count). The Labute approximate surface area is 260 Å². The lowest BCUT2D eigenvalue weighted by atomic mass is 9.67. The zero-order valence-corrected chi connectivity index (χ0v) is 28.0. The van der Waals surface area contributed by atoms with Crippen molar-refractivity contribution in [3.8, 4) is 0 Å². The molecule has 0 aromatic rings. The molecule has 1 aliphatic carbocycles. The van der Waals surface area contributed by atoms with Crippen LogP contribution in [0.25, 0.3) is 0 Å². The fourth-order valence-corrected chi connectivity index (χ4v) is 7.27. The molecule has 0 spiro atoms. The van der Waals surface area contributed by atoms with Crippen molar-refractivity contribution in [2.75, 3.05) is 0 Å². The first-order chi connectivity index (χ1) is 20.5. The second-order valence-corrected chi connectivity index (χ2v) is 13.6. The van der Waals surface area contributed by atoms with E-state index < -0.39 is 11.9 Å². The van der Waals surface area contributed by atoms with Crippen molar-refractivity contribution >= 4 is 11.9 Å². The van der Waals surface area contributed by atoms with Crippen LogP contribution in [0.1, 0.15) is 200 Å².